The summed E-state index contributed by atoms with van der Waals surface area (Å²) < 4.78 is 5.02. The molecular formula is C60H39N3S. The number of benzene rings is 10. The summed E-state index contributed by atoms with van der Waals surface area (Å²) in [6.07, 6.45) is 0. The highest BCUT2D eigenvalue weighted by atomic mass is 32.1. The Hall–Kier alpha value is -8.18. The van der Waals surface area contributed by atoms with E-state index < -0.39 is 0 Å². The Morgan fingerprint density at radius 2 is 0.891 bits per heavy atom. The molecule has 0 N–H and O–H groups in total. The molecule has 0 saturated carbocycles. The van der Waals surface area contributed by atoms with Gasteiger partial charge < -0.3 is 14.4 Å². The van der Waals surface area contributed by atoms with Crippen LogP contribution in [0.25, 0.3) is 81.0 Å². The predicted octanol–water partition coefficient (Wildman–Crippen LogP) is 17.4. The van der Waals surface area contributed by atoms with E-state index in [0.29, 0.717) is 0 Å². The van der Waals surface area contributed by atoms with Gasteiger partial charge in [0.15, 0.2) is 0 Å². The summed E-state index contributed by atoms with van der Waals surface area (Å²) in [6.45, 7) is 0. The van der Waals surface area contributed by atoms with Gasteiger partial charge in [-0.2, -0.15) is 0 Å². The first-order chi connectivity index (χ1) is 31.8. The first kappa shape index (κ1) is 36.5. The number of hydrogen-bond donors (Lipinski definition) is 0. The molecule has 2 aromatic heterocycles. The summed E-state index contributed by atoms with van der Waals surface area (Å²) in [7, 11) is 0. The molecule has 3 heterocycles. The molecule has 3 nitrogen and oxygen atoms in total. The number of hydrogen-bond acceptors (Lipinski definition) is 3. The van der Waals surface area contributed by atoms with E-state index in [9.17, 15) is 0 Å². The van der Waals surface area contributed by atoms with Crippen LogP contribution in [-0.4, -0.2) is 4.57 Å². The molecule has 0 spiro atoms. The normalized spacial score (nSPS) is 12.0. The maximum absolute atomic E-state index is 2.44. The van der Waals surface area contributed by atoms with Gasteiger partial charge in [0, 0.05) is 70.5 Å². The topological polar surface area (TPSA) is 11.4 Å². The molecule has 0 bridgehead atoms. The molecular weight excluding hydrogens is 795 g/mol. The molecule has 0 amide bonds. The van der Waals surface area contributed by atoms with Gasteiger partial charge in [0.25, 0.3) is 0 Å². The SMILES string of the molecule is c1ccc(N2c3ccccc3-c3ccccc3-c3cc(N(c4ccc(-c5cccc6c5sc5ccccc56)cc4)c4ccc5c(c4)c4ccccc4n5-c4ccccc4)ccc32)cc1. The van der Waals surface area contributed by atoms with Gasteiger partial charge in [-0.3, -0.25) is 0 Å². The van der Waals surface area contributed by atoms with Crippen LogP contribution in [-0.2, 0) is 0 Å². The number of anilines is 6. The van der Waals surface area contributed by atoms with E-state index >= 15 is 0 Å². The Morgan fingerprint density at radius 3 is 1.70 bits per heavy atom. The largest absolute Gasteiger partial charge is 0.310 e. The lowest BCUT2D eigenvalue weighted by atomic mass is 9.94. The summed E-state index contributed by atoms with van der Waals surface area (Å²) in [5, 5.41) is 5.06. The van der Waals surface area contributed by atoms with Crippen molar-refractivity contribution in [3.63, 3.8) is 0 Å². The number of nitrogens with zero attached hydrogens (tertiary/aromatic N) is 3. The second kappa shape index (κ2) is 14.7. The number of fused-ring (bicyclic) bond motifs is 11. The third-order valence-electron chi connectivity index (χ3n) is 12.9. The van der Waals surface area contributed by atoms with Crippen LogP contribution in [0.1, 0.15) is 0 Å². The number of thiophene rings is 1. The van der Waals surface area contributed by atoms with Crippen LogP contribution in [0.2, 0.25) is 0 Å². The number of aromatic nitrogens is 1. The maximum atomic E-state index is 2.44. The third-order valence-corrected chi connectivity index (χ3v) is 14.1. The molecule has 0 fully saturated rings. The maximum Gasteiger partial charge on any atom is 0.0542 e. The average molecular weight is 834 g/mol. The monoisotopic (exact) mass is 833 g/mol. The van der Waals surface area contributed by atoms with Crippen molar-refractivity contribution in [2.24, 2.45) is 0 Å². The lowest BCUT2D eigenvalue weighted by Crippen LogP contribution is -2.13. The average Bonchev–Trinajstić information content (AvgIpc) is 3.88. The Kier molecular flexibility index (Phi) is 8.40. The first-order valence-electron chi connectivity index (χ1n) is 21.8. The van der Waals surface area contributed by atoms with Crippen LogP contribution in [0.5, 0.6) is 0 Å². The van der Waals surface area contributed by atoms with Crippen LogP contribution in [0.4, 0.5) is 34.1 Å². The van der Waals surface area contributed by atoms with Crippen LogP contribution in [0.15, 0.2) is 237 Å². The Morgan fingerprint density at radius 1 is 0.328 bits per heavy atom. The lowest BCUT2D eigenvalue weighted by Gasteiger charge is -2.30. The second-order valence-electron chi connectivity index (χ2n) is 16.5. The molecule has 13 rings (SSSR count). The smallest absolute Gasteiger partial charge is 0.0542 e. The van der Waals surface area contributed by atoms with Crippen molar-refractivity contribution < 1.29 is 0 Å². The predicted molar refractivity (Wildman–Crippen MR) is 273 cm³/mol. The van der Waals surface area contributed by atoms with Gasteiger partial charge >= 0.3 is 0 Å². The van der Waals surface area contributed by atoms with E-state index in [1.807, 2.05) is 11.3 Å². The number of para-hydroxylation sites is 4. The molecule has 0 aliphatic carbocycles. The van der Waals surface area contributed by atoms with Gasteiger partial charge in [-0.25, -0.2) is 0 Å². The lowest BCUT2D eigenvalue weighted by molar-refractivity contribution is 1.18. The second-order valence-corrected chi connectivity index (χ2v) is 17.5. The minimum atomic E-state index is 1.08. The van der Waals surface area contributed by atoms with Crippen LogP contribution < -0.4 is 9.80 Å². The van der Waals surface area contributed by atoms with E-state index in [4.69, 9.17) is 0 Å². The Balaban J connectivity index is 1.03. The molecule has 10 aromatic carbocycles. The molecule has 300 valence electrons. The van der Waals surface area contributed by atoms with Crippen molar-refractivity contribution in [1.29, 1.82) is 0 Å². The highest BCUT2D eigenvalue weighted by Gasteiger charge is 2.27. The molecule has 1 aliphatic rings. The van der Waals surface area contributed by atoms with Crippen molar-refractivity contribution in [3.8, 4) is 39.1 Å². The van der Waals surface area contributed by atoms with Crippen LogP contribution in [0, 0.1) is 0 Å². The zero-order valence-corrected chi connectivity index (χ0v) is 35.6. The molecule has 1 aliphatic heterocycles. The van der Waals surface area contributed by atoms with Gasteiger partial charge in [-0.15, -0.1) is 11.3 Å². The first-order valence-corrected chi connectivity index (χ1v) is 22.7. The van der Waals surface area contributed by atoms with E-state index in [1.165, 1.54) is 75.4 Å². The van der Waals surface area contributed by atoms with E-state index in [-0.39, 0.29) is 0 Å². The summed E-state index contributed by atoms with van der Waals surface area (Å²) in [5.41, 5.74) is 17.5. The Bertz CT molecular complexity index is 3730. The summed E-state index contributed by atoms with van der Waals surface area (Å²) >= 11 is 1.88. The minimum absolute atomic E-state index is 1.08. The fourth-order valence-corrected chi connectivity index (χ4v) is 11.3. The van der Waals surface area contributed by atoms with E-state index in [0.717, 1.165) is 39.8 Å². The van der Waals surface area contributed by atoms with Gasteiger partial charge in [0.2, 0.25) is 0 Å². The number of rotatable bonds is 6. The van der Waals surface area contributed by atoms with Crippen LogP contribution >= 0.6 is 11.3 Å². The standard InChI is InChI=1S/C60H39N3S/c1-3-16-41(17-4-1)62-55-27-12-9-22-49(55)47-20-7-8-21-48(47)53-38-44(34-36-57(53)62)61(43-32-30-40(31-33-43)46-25-15-26-52-51-24-11-14-29-59(51)64-60(46)52)45-35-37-58-54(39-45)50-23-10-13-28-56(50)63(58)42-18-5-2-6-19-42/h1-39H. The zero-order chi connectivity index (χ0) is 42.1. The molecule has 64 heavy (non-hydrogen) atoms. The van der Waals surface area contributed by atoms with Crippen molar-refractivity contribution in [2.75, 3.05) is 9.80 Å². The van der Waals surface area contributed by atoms with Crippen molar-refractivity contribution in [3.05, 3.63) is 237 Å². The van der Waals surface area contributed by atoms with Gasteiger partial charge in [0.1, 0.15) is 0 Å². The highest BCUT2D eigenvalue weighted by molar-refractivity contribution is 7.26. The van der Waals surface area contributed by atoms with Crippen LogP contribution in [0.3, 0.4) is 0 Å². The zero-order valence-electron chi connectivity index (χ0n) is 34.8. The van der Waals surface area contributed by atoms with Crippen molar-refractivity contribution >= 4 is 87.4 Å². The summed E-state index contributed by atoms with van der Waals surface area (Å²) in [6, 6.07) is 86.6. The summed E-state index contributed by atoms with van der Waals surface area (Å²) in [5.74, 6) is 0. The molecule has 0 radical (unpaired) electrons. The van der Waals surface area contributed by atoms with Gasteiger partial charge in [0.05, 0.1) is 22.4 Å². The fourth-order valence-electron chi connectivity index (χ4n) is 10.1. The summed E-state index contributed by atoms with van der Waals surface area (Å²) in [4.78, 5) is 4.86. The third kappa shape index (κ3) is 5.73. The molecule has 4 heteroatoms. The molecule has 0 saturated heterocycles. The van der Waals surface area contributed by atoms with E-state index in [2.05, 4.69) is 251 Å². The van der Waals surface area contributed by atoms with Crippen molar-refractivity contribution in [1.82, 2.24) is 4.57 Å². The highest BCUT2D eigenvalue weighted by Crippen LogP contribution is 2.52. The van der Waals surface area contributed by atoms with Crippen molar-refractivity contribution in [2.45, 2.75) is 0 Å². The molecule has 12 aromatic rings. The quantitative estimate of drug-likeness (QED) is 0.165. The molecule has 0 atom stereocenters. The Labute approximate surface area is 375 Å². The van der Waals surface area contributed by atoms with Gasteiger partial charge in [-0.1, -0.05) is 146 Å². The minimum Gasteiger partial charge on any atom is -0.310 e. The van der Waals surface area contributed by atoms with E-state index in [1.54, 1.807) is 0 Å². The molecule has 0 unspecified atom stereocenters. The fraction of sp³-hybridized carbons (Fsp3) is 0. The van der Waals surface area contributed by atoms with Gasteiger partial charge in [-0.05, 0) is 113 Å².